The third kappa shape index (κ3) is 5.04. The number of nitro groups is 1. The highest BCUT2D eigenvalue weighted by atomic mass is 32.1. The number of hydrogen-bond donors (Lipinski definition) is 1. The van der Waals surface area contributed by atoms with E-state index in [1.807, 2.05) is 0 Å². The molecule has 1 aromatic heterocycles. The van der Waals surface area contributed by atoms with Gasteiger partial charge >= 0.3 is 11.0 Å². The number of esters is 1. The molecular weight excluding hydrogens is 272 g/mol. The minimum atomic E-state index is -0.539. The molecule has 8 heteroatoms. The predicted octanol–water partition coefficient (Wildman–Crippen LogP) is 1.73. The highest BCUT2D eigenvalue weighted by molar-refractivity contribution is 7.17. The Morgan fingerprint density at radius 2 is 2.21 bits per heavy atom. The molecule has 1 rings (SSSR count). The second-order valence-corrected chi connectivity index (χ2v) is 4.62. The lowest BCUT2D eigenvalue weighted by Gasteiger charge is -2.03. The van der Waals surface area contributed by atoms with Crippen LogP contribution in [0.4, 0.5) is 5.00 Å². The van der Waals surface area contributed by atoms with Crippen molar-refractivity contribution in [3.63, 3.8) is 0 Å². The maximum Gasteiger partial charge on any atom is 0.324 e. The van der Waals surface area contributed by atoms with Gasteiger partial charge in [0, 0.05) is 19.0 Å². The van der Waals surface area contributed by atoms with Crippen molar-refractivity contribution >= 4 is 28.2 Å². The summed E-state index contributed by atoms with van der Waals surface area (Å²) in [5.74, 6) is -0.675. The van der Waals surface area contributed by atoms with Crippen molar-refractivity contribution in [1.29, 1.82) is 0 Å². The van der Waals surface area contributed by atoms with E-state index in [0.29, 0.717) is 19.6 Å². The van der Waals surface area contributed by atoms with Gasteiger partial charge in [0.1, 0.15) is 0 Å². The SMILES string of the molecule is CCOC(=O)CCCNC(=O)c1ccc([N+](=O)[O-])s1. The van der Waals surface area contributed by atoms with Crippen LogP contribution in [-0.4, -0.2) is 30.0 Å². The Bertz CT molecular complexity index is 471. The van der Waals surface area contributed by atoms with Gasteiger partial charge in [-0.05, 0) is 19.4 Å². The molecule has 0 unspecified atom stereocenters. The van der Waals surface area contributed by atoms with Crippen LogP contribution >= 0.6 is 11.3 Å². The molecule has 104 valence electrons. The summed E-state index contributed by atoms with van der Waals surface area (Å²) in [5, 5.41) is 13.0. The molecule has 1 N–H and O–H groups in total. The lowest BCUT2D eigenvalue weighted by Crippen LogP contribution is -2.24. The van der Waals surface area contributed by atoms with E-state index < -0.39 is 4.92 Å². The minimum absolute atomic E-state index is 0.0725. The molecule has 0 saturated carbocycles. The molecule has 0 aliphatic rings. The normalized spacial score (nSPS) is 9.95. The monoisotopic (exact) mass is 286 g/mol. The van der Waals surface area contributed by atoms with E-state index in [1.54, 1.807) is 6.92 Å². The first-order valence-electron chi connectivity index (χ1n) is 5.72. The molecule has 0 aliphatic carbocycles. The third-order valence-corrected chi connectivity index (χ3v) is 3.18. The molecule has 0 fully saturated rings. The van der Waals surface area contributed by atoms with Crippen LogP contribution in [0.3, 0.4) is 0 Å². The summed E-state index contributed by atoms with van der Waals surface area (Å²) in [7, 11) is 0. The van der Waals surface area contributed by atoms with Crippen molar-refractivity contribution in [2.75, 3.05) is 13.2 Å². The summed E-state index contributed by atoms with van der Waals surface area (Å²) in [6.45, 7) is 2.39. The fourth-order valence-corrected chi connectivity index (χ4v) is 2.04. The standard InChI is InChI=1S/C11H14N2O5S/c1-2-18-10(14)4-3-7-12-11(15)8-5-6-9(19-8)13(16)17/h5-6H,2-4,7H2,1H3,(H,12,15). The Labute approximate surface area is 113 Å². The fraction of sp³-hybridized carbons (Fsp3) is 0.455. The van der Waals surface area contributed by atoms with Crippen molar-refractivity contribution in [2.24, 2.45) is 0 Å². The second-order valence-electron chi connectivity index (χ2n) is 3.56. The first-order chi connectivity index (χ1) is 9.04. The molecule has 1 heterocycles. The number of nitrogens with zero attached hydrogens (tertiary/aromatic N) is 1. The van der Waals surface area contributed by atoms with Gasteiger partial charge in [-0.3, -0.25) is 19.7 Å². The molecule has 0 spiro atoms. The van der Waals surface area contributed by atoms with E-state index >= 15 is 0 Å². The van der Waals surface area contributed by atoms with Crippen molar-refractivity contribution in [2.45, 2.75) is 19.8 Å². The van der Waals surface area contributed by atoms with Crippen LogP contribution in [0.25, 0.3) is 0 Å². The second kappa shape index (κ2) is 7.47. The number of amides is 1. The zero-order valence-electron chi connectivity index (χ0n) is 10.4. The number of ether oxygens (including phenoxy) is 1. The summed E-state index contributed by atoms with van der Waals surface area (Å²) >= 11 is 0.819. The van der Waals surface area contributed by atoms with Crippen LogP contribution in [0.2, 0.25) is 0 Å². The number of carbonyl (C=O) groups is 2. The Morgan fingerprint density at radius 1 is 1.47 bits per heavy atom. The Hall–Kier alpha value is -1.96. The third-order valence-electron chi connectivity index (χ3n) is 2.14. The summed E-state index contributed by atoms with van der Waals surface area (Å²) in [5.41, 5.74) is 0. The van der Waals surface area contributed by atoms with Crippen LogP contribution in [0, 0.1) is 10.1 Å². The van der Waals surface area contributed by atoms with Crippen molar-refractivity contribution < 1.29 is 19.2 Å². The lowest BCUT2D eigenvalue weighted by atomic mass is 10.3. The van der Waals surface area contributed by atoms with Gasteiger partial charge < -0.3 is 10.1 Å². The summed E-state index contributed by atoms with van der Waals surface area (Å²) < 4.78 is 4.74. The quantitative estimate of drug-likeness (QED) is 0.356. The predicted molar refractivity (Wildman–Crippen MR) is 69.2 cm³/mol. The number of nitrogens with one attached hydrogen (secondary N) is 1. The number of thiophene rings is 1. The highest BCUT2D eigenvalue weighted by Gasteiger charge is 2.14. The van der Waals surface area contributed by atoms with Gasteiger partial charge in [0.2, 0.25) is 0 Å². The average Bonchev–Trinajstić information content (AvgIpc) is 2.84. The molecule has 0 atom stereocenters. The maximum atomic E-state index is 11.6. The molecule has 0 radical (unpaired) electrons. The molecule has 1 aromatic rings. The largest absolute Gasteiger partial charge is 0.466 e. The lowest BCUT2D eigenvalue weighted by molar-refractivity contribution is -0.380. The first-order valence-corrected chi connectivity index (χ1v) is 6.54. The van der Waals surface area contributed by atoms with E-state index in [0.717, 1.165) is 11.3 Å². The van der Waals surface area contributed by atoms with Crippen LogP contribution in [0.15, 0.2) is 12.1 Å². The van der Waals surface area contributed by atoms with Gasteiger partial charge in [-0.1, -0.05) is 11.3 Å². The number of hydrogen-bond acceptors (Lipinski definition) is 6. The molecule has 0 aliphatic heterocycles. The number of carbonyl (C=O) groups excluding carboxylic acids is 2. The molecule has 0 aromatic carbocycles. The molecular formula is C11H14N2O5S. The maximum absolute atomic E-state index is 11.6. The zero-order chi connectivity index (χ0) is 14.3. The van der Waals surface area contributed by atoms with E-state index in [-0.39, 0.29) is 28.2 Å². The average molecular weight is 286 g/mol. The molecule has 7 nitrogen and oxygen atoms in total. The van der Waals surface area contributed by atoms with Crippen LogP contribution in [0.1, 0.15) is 29.4 Å². The van der Waals surface area contributed by atoms with Gasteiger partial charge in [-0.2, -0.15) is 0 Å². The van der Waals surface area contributed by atoms with Gasteiger partial charge in [0.05, 0.1) is 16.4 Å². The highest BCUT2D eigenvalue weighted by Crippen LogP contribution is 2.23. The zero-order valence-corrected chi connectivity index (χ0v) is 11.2. The Morgan fingerprint density at radius 3 is 2.79 bits per heavy atom. The molecule has 19 heavy (non-hydrogen) atoms. The minimum Gasteiger partial charge on any atom is -0.466 e. The fourth-order valence-electron chi connectivity index (χ4n) is 1.30. The van der Waals surface area contributed by atoms with Gasteiger partial charge in [0.25, 0.3) is 5.91 Å². The van der Waals surface area contributed by atoms with E-state index in [4.69, 9.17) is 4.74 Å². The van der Waals surface area contributed by atoms with Gasteiger partial charge in [-0.25, -0.2) is 0 Å². The molecule has 0 saturated heterocycles. The summed E-state index contributed by atoms with van der Waals surface area (Å²) in [6.07, 6.45) is 0.705. The van der Waals surface area contributed by atoms with E-state index in [1.165, 1.54) is 12.1 Å². The smallest absolute Gasteiger partial charge is 0.324 e. The summed E-state index contributed by atoms with van der Waals surface area (Å²) in [4.78, 5) is 32.8. The Balaban J connectivity index is 2.31. The Kier molecular flexibility index (Phi) is 5.94. The van der Waals surface area contributed by atoms with E-state index in [2.05, 4.69) is 5.32 Å². The van der Waals surface area contributed by atoms with Gasteiger partial charge in [0.15, 0.2) is 0 Å². The van der Waals surface area contributed by atoms with Gasteiger partial charge in [-0.15, -0.1) is 0 Å². The van der Waals surface area contributed by atoms with Crippen molar-refractivity contribution in [1.82, 2.24) is 5.32 Å². The number of rotatable bonds is 7. The van der Waals surface area contributed by atoms with Crippen LogP contribution < -0.4 is 5.32 Å². The summed E-state index contributed by atoms with van der Waals surface area (Å²) in [6, 6.07) is 2.70. The van der Waals surface area contributed by atoms with E-state index in [9.17, 15) is 19.7 Å². The topological polar surface area (TPSA) is 98.5 Å². The molecule has 1 amide bonds. The first kappa shape index (κ1) is 15.1. The van der Waals surface area contributed by atoms with Crippen LogP contribution in [0.5, 0.6) is 0 Å². The van der Waals surface area contributed by atoms with Crippen molar-refractivity contribution in [3.05, 3.63) is 27.1 Å². The van der Waals surface area contributed by atoms with Crippen LogP contribution in [-0.2, 0) is 9.53 Å². The van der Waals surface area contributed by atoms with Crippen molar-refractivity contribution in [3.8, 4) is 0 Å². The molecule has 0 bridgehead atoms.